The van der Waals surface area contributed by atoms with Gasteiger partial charge in [-0.25, -0.2) is 0 Å². The average Bonchev–Trinajstić information content (AvgIpc) is 2.18. The molecule has 82 valence electrons. The third-order valence-corrected chi connectivity index (χ3v) is 1.99. The number of rotatable bonds is 3. The minimum atomic E-state index is -2.98. The monoisotopic (exact) mass is 214 g/mol. The van der Waals surface area contributed by atoms with Gasteiger partial charge in [0, 0.05) is 5.69 Å². The quantitative estimate of drug-likeness (QED) is 0.752. The molecule has 1 rings (SSSR count). The highest BCUT2D eigenvalue weighted by molar-refractivity contribution is 5.79. The Labute approximate surface area is 86.3 Å². The lowest BCUT2D eigenvalue weighted by molar-refractivity contribution is -0.132. The van der Waals surface area contributed by atoms with Crippen LogP contribution in [-0.2, 0) is 4.79 Å². The Morgan fingerprint density at radius 1 is 1.33 bits per heavy atom. The number of amides is 1. The van der Waals surface area contributed by atoms with E-state index in [0.29, 0.717) is 5.69 Å². The number of nitrogens with one attached hydrogen (secondary N) is 1. The number of benzene rings is 1. The first-order chi connectivity index (χ1) is 7.00. The Morgan fingerprint density at radius 3 is 2.33 bits per heavy atom. The van der Waals surface area contributed by atoms with Crippen molar-refractivity contribution in [2.24, 2.45) is 0 Å². The fourth-order valence-corrected chi connectivity index (χ4v) is 1.14. The highest BCUT2D eigenvalue weighted by Crippen LogP contribution is 2.14. The van der Waals surface area contributed by atoms with E-state index in [0.717, 1.165) is 5.56 Å². The van der Waals surface area contributed by atoms with Crippen LogP contribution >= 0.6 is 0 Å². The Hall–Kier alpha value is -1.65. The molecule has 0 aliphatic carbocycles. The van der Waals surface area contributed by atoms with Crippen LogP contribution in [0.25, 0.3) is 0 Å². The van der Waals surface area contributed by atoms with E-state index in [1.54, 1.807) is 31.2 Å². The van der Waals surface area contributed by atoms with Crippen LogP contribution in [0.5, 0.6) is 0 Å². The van der Waals surface area contributed by atoms with Gasteiger partial charge in [0.25, 0.3) is 5.91 Å². The number of hydrogen-bond donors (Lipinski definition) is 2. The molecular weight excluding hydrogens is 202 g/mol. The Morgan fingerprint density at radius 2 is 1.87 bits per heavy atom. The molecule has 3 nitrogen and oxygen atoms in total. The fourth-order valence-electron chi connectivity index (χ4n) is 1.14. The summed E-state index contributed by atoms with van der Waals surface area (Å²) in [6, 6.07) is 6.23. The van der Waals surface area contributed by atoms with Crippen molar-refractivity contribution < 1.29 is 13.6 Å². The Bertz CT molecular complexity index is 338. The van der Waals surface area contributed by atoms with Crippen LogP contribution in [0.15, 0.2) is 24.3 Å². The van der Waals surface area contributed by atoms with Crippen LogP contribution in [0.3, 0.4) is 0 Å². The molecule has 1 aromatic carbocycles. The standard InChI is InChI=1S/C10H12F2N2O/c1-6(14-10(15)9(11)12)7-2-4-8(13)5-3-7/h2-6,9H,13H2,1H3,(H,14,15). The van der Waals surface area contributed by atoms with Gasteiger partial charge in [0.05, 0.1) is 6.04 Å². The zero-order valence-electron chi connectivity index (χ0n) is 8.21. The molecule has 0 saturated carbocycles. The summed E-state index contributed by atoms with van der Waals surface area (Å²) in [4.78, 5) is 10.7. The molecule has 0 bridgehead atoms. The second kappa shape index (κ2) is 4.72. The molecule has 1 amide bonds. The van der Waals surface area contributed by atoms with E-state index >= 15 is 0 Å². The molecule has 0 fully saturated rings. The van der Waals surface area contributed by atoms with Crippen molar-refractivity contribution in [3.8, 4) is 0 Å². The van der Waals surface area contributed by atoms with Crippen molar-refractivity contribution in [3.05, 3.63) is 29.8 Å². The summed E-state index contributed by atoms with van der Waals surface area (Å²) in [5, 5.41) is 2.19. The predicted octanol–water partition coefficient (Wildman–Crippen LogP) is 1.71. The number of alkyl halides is 2. The third-order valence-electron chi connectivity index (χ3n) is 1.99. The summed E-state index contributed by atoms with van der Waals surface area (Å²) in [7, 11) is 0. The zero-order chi connectivity index (χ0) is 11.4. The number of nitrogen functional groups attached to an aromatic ring is 1. The number of anilines is 1. The Kier molecular flexibility index (Phi) is 3.60. The maximum Gasteiger partial charge on any atom is 0.315 e. The Balaban J connectivity index is 2.65. The predicted molar refractivity (Wildman–Crippen MR) is 53.4 cm³/mol. The maximum atomic E-state index is 11.9. The van der Waals surface area contributed by atoms with E-state index in [1.165, 1.54) is 0 Å². The SMILES string of the molecule is CC(NC(=O)C(F)F)c1ccc(N)cc1. The molecule has 0 heterocycles. The lowest BCUT2D eigenvalue weighted by atomic mass is 10.1. The minimum Gasteiger partial charge on any atom is -0.399 e. The second-order valence-corrected chi connectivity index (χ2v) is 3.20. The molecule has 0 saturated heterocycles. The van der Waals surface area contributed by atoms with E-state index < -0.39 is 18.4 Å². The van der Waals surface area contributed by atoms with Crippen molar-refractivity contribution in [1.29, 1.82) is 0 Å². The smallest absolute Gasteiger partial charge is 0.315 e. The number of halogens is 2. The van der Waals surface area contributed by atoms with Crippen LogP contribution in [0.4, 0.5) is 14.5 Å². The normalized spacial score (nSPS) is 12.5. The van der Waals surface area contributed by atoms with E-state index in [1.807, 2.05) is 0 Å². The first kappa shape index (κ1) is 11.4. The van der Waals surface area contributed by atoms with Crippen molar-refractivity contribution in [2.75, 3.05) is 5.73 Å². The molecule has 3 N–H and O–H groups in total. The van der Waals surface area contributed by atoms with Crippen molar-refractivity contribution in [3.63, 3.8) is 0 Å². The first-order valence-corrected chi connectivity index (χ1v) is 4.44. The topological polar surface area (TPSA) is 55.1 Å². The van der Waals surface area contributed by atoms with Gasteiger partial charge in [-0.05, 0) is 24.6 Å². The van der Waals surface area contributed by atoms with Gasteiger partial charge in [-0.2, -0.15) is 8.78 Å². The molecule has 5 heteroatoms. The summed E-state index contributed by atoms with van der Waals surface area (Å²) in [5.74, 6) is -1.26. The number of hydrogen-bond acceptors (Lipinski definition) is 2. The zero-order valence-corrected chi connectivity index (χ0v) is 8.21. The van der Waals surface area contributed by atoms with E-state index in [2.05, 4.69) is 5.32 Å². The molecule has 15 heavy (non-hydrogen) atoms. The molecule has 0 radical (unpaired) electrons. The summed E-state index contributed by atoms with van der Waals surface area (Å²) in [6.07, 6.45) is -2.98. The lowest BCUT2D eigenvalue weighted by Gasteiger charge is -2.13. The molecule has 0 aliphatic heterocycles. The van der Waals surface area contributed by atoms with Crippen LogP contribution in [-0.4, -0.2) is 12.3 Å². The summed E-state index contributed by atoms with van der Waals surface area (Å²) >= 11 is 0. The average molecular weight is 214 g/mol. The lowest BCUT2D eigenvalue weighted by Crippen LogP contribution is -2.31. The first-order valence-electron chi connectivity index (χ1n) is 4.44. The van der Waals surface area contributed by atoms with Crippen LogP contribution in [0.1, 0.15) is 18.5 Å². The molecule has 0 aliphatic rings. The molecule has 1 atom stereocenters. The van der Waals surface area contributed by atoms with Crippen LogP contribution < -0.4 is 11.1 Å². The van der Waals surface area contributed by atoms with Gasteiger partial charge in [-0.15, -0.1) is 0 Å². The van der Waals surface area contributed by atoms with Gasteiger partial charge in [0.1, 0.15) is 0 Å². The number of carbonyl (C=O) groups is 1. The molecule has 1 aromatic rings. The second-order valence-electron chi connectivity index (χ2n) is 3.20. The van der Waals surface area contributed by atoms with Crippen molar-refractivity contribution >= 4 is 11.6 Å². The summed E-state index contributed by atoms with van der Waals surface area (Å²) in [5.41, 5.74) is 6.79. The number of nitrogens with two attached hydrogens (primary N) is 1. The minimum absolute atomic E-state index is 0.452. The third kappa shape index (κ3) is 3.19. The highest BCUT2D eigenvalue weighted by Gasteiger charge is 2.17. The molecule has 1 unspecified atom stereocenters. The number of carbonyl (C=O) groups excluding carboxylic acids is 1. The summed E-state index contributed by atoms with van der Waals surface area (Å²) in [6.45, 7) is 1.63. The maximum absolute atomic E-state index is 11.9. The van der Waals surface area contributed by atoms with Gasteiger partial charge in [-0.3, -0.25) is 4.79 Å². The van der Waals surface area contributed by atoms with Gasteiger partial charge >= 0.3 is 6.43 Å². The van der Waals surface area contributed by atoms with Crippen molar-refractivity contribution in [2.45, 2.75) is 19.4 Å². The van der Waals surface area contributed by atoms with Crippen LogP contribution in [0.2, 0.25) is 0 Å². The largest absolute Gasteiger partial charge is 0.399 e. The fraction of sp³-hybridized carbons (Fsp3) is 0.300. The van der Waals surface area contributed by atoms with E-state index in [9.17, 15) is 13.6 Å². The molecular formula is C10H12F2N2O. The molecule has 0 aromatic heterocycles. The van der Waals surface area contributed by atoms with E-state index in [-0.39, 0.29) is 0 Å². The highest BCUT2D eigenvalue weighted by atomic mass is 19.3. The molecule has 0 spiro atoms. The van der Waals surface area contributed by atoms with E-state index in [4.69, 9.17) is 5.73 Å². The van der Waals surface area contributed by atoms with Gasteiger partial charge < -0.3 is 11.1 Å². The van der Waals surface area contributed by atoms with Crippen molar-refractivity contribution in [1.82, 2.24) is 5.32 Å². The van der Waals surface area contributed by atoms with Crippen LogP contribution in [0, 0.1) is 0 Å². The van der Waals surface area contributed by atoms with Gasteiger partial charge in [0.15, 0.2) is 0 Å². The van der Waals surface area contributed by atoms with Gasteiger partial charge in [0.2, 0.25) is 0 Å². The van der Waals surface area contributed by atoms with Gasteiger partial charge in [-0.1, -0.05) is 12.1 Å². The summed E-state index contributed by atoms with van der Waals surface area (Å²) < 4.78 is 23.9.